The number of carbonyl (C=O) groups excluding carboxylic acids is 1. The highest BCUT2D eigenvalue weighted by Gasteiger charge is 2.32. The number of rotatable bonds is 3. The van der Waals surface area contributed by atoms with Crippen molar-refractivity contribution in [1.29, 1.82) is 5.26 Å². The van der Waals surface area contributed by atoms with Crippen LogP contribution in [0.3, 0.4) is 0 Å². The van der Waals surface area contributed by atoms with Crippen molar-refractivity contribution in [2.24, 2.45) is 5.92 Å². The normalized spacial score (nSPS) is 16.2. The molecule has 1 unspecified atom stereocenters. The highest BCUT2D eigenvalue weighted by molar-refractivity contribution is 9.10. The van der Waals surface area contributed by atoms with Gasteiger partial charge < -0.3 is 5.32 Å². The van der Waals surface area contributed by atoms with Crippen molar-refractivity contribution in [2.45, 2.75) is 18.9 Å². The van der Waals surface area contributed by atoms with E-state index in [1.807, 2.05) is 0 Å². The van der Waals surface area contributed by atoms with Crippen LogP contribution in [-0.2, 0) is 0 Å². The Morgan fingerprint density at radius 3 is 2.94 bits per heavy atom. The molecule has 1 saturated carbocycles. The molecule has 0 saturated heterocycles. The number of nitrogens with one attached hydrogen (secondary N) is 1. The lowest BCUT2D eigenvalue weighted by molar-refractivity contribution is 0.0936. The van der Waals surface area contributed by atoms with E-state index in [0.29, 0.717) is 16.2 Å². The van der Waals surface area contributed by atoms with E-state index in [-0.39, 0.29) is 11.9 Å². The predicted molar refractivity (Wildman–Crippen MR) is 61.5 cm³/mol. The van der Waals surface area contributed by atoms with Crippen LogP contribution in [0.2, 0.25) is 0 Å². The molecule has 1 N–H and O–H groups in total. The van der Waals surface area contributed by atoms with Crippen molar-refractivity contribution in [3.05, 3.63) is 28.5 Å². The summed E-state index contributed by atoms with van der Waals surface area (Å²) in [5, 5.41) is 11.6. The summed E-state index contributed by atoms with van der Waals surface area (Å²) >= 11 is 3.20. The molecule has 82 valence electrons. The Bertz CT molecular complexity index is 451. The maximum Gasteiger partial charge on any atom is 0.270 e. The molecule has 1 aliphatic rings. The molecule has 1 aromatic heterocycles. The first-order valence-electron chi connectivity index (χ1n) is 5.04. The fourth-order valence-corrected chi connectivity index (χ4v) is 1.78. The second-order valence-electron chi connectivity index (χ2n) is 3.76. The molecular formula is C11H10BrN3O. The summed E-state index contributed by atoms with van der Waals surface area (Å²) in [7, 11) is 0. The van der Waals surface area contributed by atoms with Crippen molar-refractivity contribution in [3.63, 3.8) is 0 Å². The Morgan fingerprint density at radius 1 is 1.62 bits per heavy atom. The summed E-state index contributed by atoms with van der Waals surface area (Å²) in [5.74, 6) is 0.0286. The molecule has 0 spiro atoms. The molecule has 16 heavy (non-hydrogen) atoms. The van der Waals surface area contributed by atoms with Gasteiger partial charge in [0.1, 0.15) is 16.3 Å². The predicted octanol–water partition coefficient (Wildman–Crippen LogP) is 1.88. The zero-order chi connectivity index (χ0) is 11.5. The van der Waals surface area contributed by atoms with Gasteiger partial charge in [-0.15, -0.1) is 0 Å². The molecule has 1 aliphatic carbocycles. The van der Waals surface area contributed by atoms with Crippen LogP contribution >= 0.6 is 15.9 Å². The van der Waals surface area contributed by atoms with Crippen LogP contribution < -0.4 is 5.32 Å². The summed E-state index contributed by atoms with van der Waals surface area (Å²) < 4.78 is 0.611. The van der Waals surface area contributed by atoms with Crippen LogP contribution in [0.15, 0.2) is 22.8 Å². The monoisotopic (exact) mass is 279 g/mol. The fourth-order valence-electron chi connectivity index (χ4n) is 1.43. The van der Waals surface area contributed by atoms with Gasteiger partial charge in [0.05, 0.1) is 6.07 Å². The number of carbonyl (C=O) groups is 1. The first-order chi connectivity index (χ1) is 7.70. The van der Waals surface area contributed by atoms with E-state index < -0.39 is 0 Å². The van der Waals surface area contributed by atoms with Crippen LogP contribution in [0.5, 0.6) is 0 Å². The number of pyridine rings is 1. The van der Waals surface area contributed by atoms with Gasteiger partial charge in [0.15, 0.2) is 0 Å². The van der Waals surface area contributed by atoms with E-state index in [2.05, 4.69) is 32.3 Å². The number of aromatic nitrogens is 1. The van der Waals surface area contributed by atoms with Gasteiger partial charge in [0, 0.05) is 0 Å². The minimum atomic E-state index is -0.381. The maximum atomic E-state index is 11.8. The van der Waals surface area contributed by atoms with Gasteiger partial charge in [-0.3, -0.25) is 4.79 Å². The van der Waals surface area contributed by atoms with Gasteiger partial charge in [0.2, 0.25) is 0 Å². The quantitative estimate of drug-likeness (QED) is 0.860. The zero-order valence-electron chi connectivity index (χ0n) is 8.48. The minimum Gasteiger partial charge on any atom is -0.335 e. The molecule has 1 amide bonds. The molecule has 5 heteroatoms. The molecule has 2 rings (SSSR count). The van der Waals surface area contributed by atoms with E-state index in [0.717, 1.165) is 12.8 Å². The van der Waals surface area contributed by atoms with Crippen LogP contribution in [0, 0.1) is 17.2 Å². The number of halogens is 1. The van der Waals surface area contributed by atoms with E-state index in [1.165, 1.54) is 0 Å². The van der Waals surface area contributed by atoms with Gasteiger partial charge in [-0.2, -0.15) is 5.26 Å². The molecule has 1 fully saturated rings. The van der Waals surface area contributed by atoms with Crippen LogP contribution in [-0.4, -0.2) is 16.9 Å². The highest BCUT2D eigenvalue weighted by Crippen LogP contribution is 2.32. The van der Waals surface area contributed by atoms with Crippen molar-refractivity contribution in [2.75, 3.05) is 0 Å². The summed E-state index contributed by atoms with van der Waals surface area (Å²) in [6, 6.07) is 6.84. The lowest BCUT2D eigenvalue weighted by Crippen LogP contribution is -2.35. The SMILES string of the molecule is N#CC(NC(=O)c1cccc(Br)n1)C1CC1. The second kappa shape index (κ2) is 4.62. The van der Waals surface area contributed by atoms with Gasteiger partial charge in [-0.1, -0.05) is 6.07 Å². The summed E-state index contributed by atoms with van der Waals surface area (Å²) in [5.41, 5.74) is 0.329. The largest absolute Gasteiger partial charge is 0.335 e. The van der Waals surface area contributed by atoms with Crippen molar-refractivity contribution in [3.8, 4) is 6.07 Å². The average Bonchev–Trinajstić information content (AvgIpc) is 3.09. The highest BCUT2D eigenvalue weighted by atomic mass is 79.9. The average molecular weight is 280 g/mol. The Morgan fingerprint density at radius 2 is 2.38 bits per heavy atom. The maximum absolute atomic E-state index is 11.8. The molecule has 1 heterocycles. The van der Waals surface area contributed by atoms with Crippen molar-refractivity contribution in [1.82, 2.24) is 10.3 Å². The second-order valence-corrected chi connectivity index (χ2v) is 4.58. The number of amides is 1. The van der Waals surface area contributed by atoms with Gasteiger partial charge >= 0.3 is 0 Å². The lowest BCUT2D eigenvalue weighted by atomic mass is 10.2. The topological polar surface area (TPSA) is 65.8 Å². The number of nitrogens with zero attached hydrogens (tertiary/aromatic N) is 2. The third kappa shape index (κ3) is 2.58. The standard InChI is InChI=1S/C11H10BrN3O/c12-10-3-1-2-8(14-10)11(16)15-9(6-13)7-4-5-7/h1-3,7,9H,4-5H2,(H,15,16). The van der Waals surface area contributed by atoms with E-state index in [4.69, 9.17) is 5.26 Å². The van der Waals surface area contributed by atoms with Crippen LogP contribution in [0.4, 0.5) is 0 Å². The Hall–Kier alpha value is -1.41. The van der Waals surface area contributed by atoms with Crippen LogP contribution in [0.1, 0.15) is 23.3 Å². The Kier molecular flexibility index (Phi) is 3.20. The lowest BCUT2D eigenvalue weighted by Gasteiger charge is -2.09. The number of hydrogen-bond acceptors (Lipinski definition) is 3. The molecule has 0 aliphatic heterocycles. The smallest absolute Gasteiger partial charge is 0.270 e. The molecular weight excluding hydrogens is 270 g/mol. The molecule has 0 radical (unpaired) electrons. The Balaban J connectivity index is 2.05. The Labute approximate surface area is 102 Å². The van der Waals surface area contributed by atoms with E-state index in [1.54, 1.807) is 18.2 Å². The van der Waals surface area contributed by atoms with Crippen molar-refractivity contribution < 1.29 is 4.79 Å². The fraction of sp³-hybridized carbons (Fsp3) is 0.364. The third-order valence-electron chi connectivity index (χ3n) is 2.47. The molecule has 4 nitrogen and oxygen atoms in total. The molecule has 0 aromatic carbocycles. The van der Waals surface area contributed by atoms with Crippen molar-refractivity contribution >= 4 is 21.8 Å². The van der Waals surface area contributed by atoms with E-state index >= 15 is 0 Å². The molecule has 0 bridgehead atoms. The van der Waals surface area contributed by atoms with E-state index in [9.17, 15) is 4.79 Å². The molecule has 1 atom stereocenters. The summed E-state index contributed by atoms with van der Waals surface area (Å²) in [6.45, 7) is 0. The van der Waals surface area contributed by atoms with Gasteiger partial charge in [-0.05, 0) is 46.8 Å². The third-order valence-corrected chi connectivity index (χ3v) is 2.91. The van der Waals surface area contributed by atoms with Gasteiger partial charge in [0.25, 0.3) is 5.91 Å². The molecule has 1 aromatic rings. The first kappa shape index (κ1) is 11.1. The minimum absolute atomic E-state index is 0.292. The number of hydrogen-bond donors (Lipinski definition) is 1. The summed E-state index contributed by atoms with van der Waals surface area (Å²) in [6.07, 6.45) is 2.04. The van der Waals surface area contributed by atoms with Gasteiger partial charge in [-0.25, -0.2) is 4.98 Å². The van der Waals surface area contributed by atoms with Crippen LogP contribution in [0.25, 0.3) is 0 Å². The number of nitriles is 1. The summed E-state index contributed by atoms with van der Waals surface area (Å²) in [4.78, 5) is 15.8. The first-order valence-corrected chi connectivity index (χ1v) is 5.83. The zero-order valence-corrected chi connectivity index (χ0v) is 10.1.